The largest absolute Gasteiger partial charge is 0.379 e. The molecular weight excluding hydrogens is 102 g/mol. The first-order valence-corrected chi connectivity index (χ1v) is 2.93. The highest BCUT2D eigenvalue weighted by molar-refractivity contribution is 4.57. The molecule has 1 fully saturated rings. The van der Waals surface area contributed by atoms with Gasteiger partial charge in [0.15, 0.2) is 0 Å². The molecule has 0 N–H and O–H groups in total. The average Bonchev–Trinajstić information content (AvgIpc) is 1.88. The first kappa shape index (κ1) is 3.85. The van der Waals surface area contributed by atoms with Crippen LogP contribution >= 0.6 is 0 Å². The molecule has 1 aliphatic rings. The molecule has 2 heteroatoms. The lowest BCUT2D eigenvalue weighted by molar-refractivity contribution is 0.0405. The van der Waals surface area contributed by atoms with Crippen LogP contribution in [0.15, 0.2) is 0 Å². The summed E-state index contributed by atoms with van der Waals surface area (Å²) in [6.45, 7) is 3.15. The van der Waals surface area contributed by atoms with Crippen LogP contribution in [0, 0.1) is 0 Å². The van der Waals surface area contributed by atoms with E-state index in [0.29, 0.717) is 26.3 Å². The third kappa shape index (κ3) is 1.46. The van der Waals surface area contributed by atoms with E-state index in [-0.39, 0.29) is 0 Å². The molecule has 8 heavy (non-hydrogen) atoms. The zero-order valence-corrected chi connectivity index (χ0v) is 5.18. The van der Waals surface area contributed by atoms with Gasteiger partial charge >= 0.3 is 0 Å². The Hall–Kier alpha value is -0.0800. The minimum absolute atomic E-state index is 0.660. The number of morpholine rings is 1. The summed E-state index contributed by atoms with van der Waals surface area (Å²) in [7, 11) is 0. The van der Waals surface area contributed by atoms with Gasteiger partial charge in [0, 0.05) is 15.8 Å². The predicted molar refractivity (Wildman–Crippen MR) is 32.9 cm³/mol. The van der Waals surface area contributed by atoms with E-state index >= 15 is 0 Å². The number of ether oxygens (including phenoxy) is 1. The molecule has 0 atom stereocenters. The summed E-state index contributed by atoms with van der Waals surface area (Å²) >= 11 is 0. The average molecular weight is 117 g/mol. The Balaban J connectivity index is 2.39. The van der Waals surface area contributed by atoms with Gasteiger partial charge in [0.1, 0.15) is 0 Å². The number of likely N-dealkylation sites (N-methyl/N-ethyl adjacent to an activating group) is 1. The van der Waals surface area contributed by atoms with Crippen molar-refractivity contribution in [3.63, 3.8) is 0 Å². The SMILES string of the molecule is [2H]C([2H])(C)N1CCOCC1. The Morgan fingerprint density at radius 3 is 2.62 bits per heavy atom. The molecule has 0 aliphatic carbocycles. The molecule has 1 aliphatic heterocycles. The maximum absolute atomic E-state index is 7.36. The Labute approximate surface area is 53.2 Å². The fourth-order valence-electron chi connectivity index (χ4n) is 0.787. The number of rotatable bonds is 1. The topological polar surface area (TPSA) is 12.5 Å². The Morgan fingerprint density at radius 2 is 2.25 bits per heavy atom. The maximum atomic E-state index is 7.36. The highest BCUT2D eigenvalue weighted by Gasteiger charge is 2.05. The van der Waals surface area contributed by atoms with Crippen molar-refractivity contribution in [1.82, 2.24) is 4.90 Å². The van der Waals surface area contributed by atoms with E-state index in [9.17, 15) is 0 Å². The molecule has 2 nitrogen and oxygen atoms in total. The van der Waals surface area contributed by atoms with E-state index in [2.05, 4.69) is 0 Å². The van der Waals surface area contributed by atoms with Crippen molar-refractivity contribution in [3.8, 4) is 0 Å². The third-order valence-corrected chi connectivity index (χ3v) is 1.33. The fraction of sp³-hybridized carbons (Fsp3) is 1.00. The van der Waals surface area contributed by atoms with Gasteiger partial charge in [-0.25, -0.2) is 0 Å². The third-order valence-electron chi connectivity index (χ3n) is 1.33. The van der Waals surface area contributed by atoms with Crippen LogP contribution in [0.25, 0.3) is 0 Å². The summed E-state index contributed by atoms with van der Waals surface area (Å²) < 4.78 is 19.8. The van der Waals surface area contributed by atoms with Crippen molar-refractivity contribution in [3.05, 3.63) is 0 Å². The van der Waals surface area contributed by atoms with Crippen molar-refractivity contribution in [2.75, 3.05) is 32.8 Å². The van der Waals surface area contributed by atoms with Crippen LogP contribution in [0.4, 0.5) is 0 Å². The van der Waals surface area contributed by atoms with Crippen LogP contribution in [-0.4, -0.2) is 37.7 Å². The molecular formula is C6H13NO. The molecule has 1 heterocycles. The monoisotopic (exact) mass is 117 g/mol. The van der Waals surface area contributed by atoms with E-state index in [1.165, 1.54) is 0 Å². The summed E-state index contributed by atoms with van der Waals surface area (Å²) in [5.41, 5.74) is 0. The van der Waals surface area contributed by atoms with Crippen molar-refractivity contribution in [2.24, 2.45) is 0 Å². The second kappa shape index (κ2) is 3.05. The van der Waals surface area contributed by atoms with Crippen molar-refractivity contribution in [1.29, 1.82) is 0 Å². The van der Waals surface area contributed by atoms with Gasteiger partial charge in [0.05, 0.1) is 13.2 Å². The van der Waals surface area contributed by atoms with E-state index in [1.54, 1.807) is 11.8 Å². The zero-order valence-electron chi connectivity index (χ0n) is 7.18. The zero-order chi connectivity index (χ0) is 7.61. The number of hydrogen-bond donors (Lipinski definition) is 0. The van der Waals surface area contributed by atoms with Gasteiger partial charge in [0.2, 0.25) is 0 Å². The van der Waals surface area contributed by atoms with E-state index in [1.807, 2.05) is 0 Å². The lowest BCUT2D eigenvalue weighted by Gasteiger charge is -2.24. The van der Waals surface area contributed by atoms with Crippen LogP contribution in [0.1, 0.15) is 9.67 Å². The molecule has 0 amide bonds. The maximum Gasteiger partial charge on any atom is 0.0594 e. The molecule has 0 bridgehead atoms. The summed E-state index contributed by atoms with van der Waals surface area (Å²) in [6.07, 6.45) is 0. The van der Waals surface area contributed by atoms with Gasteiger partial charge in [0.25, 0.3) is 0 Å². The van der Waals surface area contributed by atoms with Crippen LogP contribution in [-0.2, 0) is 4.74 Å². The van der Waals surface area contributed by atoms with Crippen molar-refractivity contribution < 1.29 is 7.48 Å². The summed E-state index contributed by atoms with van der Waals surface area (Å²) in [5.74, 6) is 0. The van der Waals surface area contributed by atoms with Gasteiger partial charge in [-0.1, -0.05) is 6.92 Å². The van der Waals surface area contributed by atoms with Crippen LogP contribution in [0.2, 0.25) is 0 Å². The molecule has 48 valence electrons. The highest BCUT2D eigenvalue weighted by atomic mass is 16.5. The second-order valence-electron chi connectivity index (χ2n) is 1.82. The fourth-order valence-corrected chi connectivity index (χ4v) is 0.787. The number of hydrogen-bond acceptors (Lipinski definition) is 2. The lowest BCUT2D eigenvalue weighted by atomic mass is 10.4. The van der Waals surface area contributed by atoms with Gasteiger partial charge in [-0.05, 0) is 6.50 Å². The molecule has 1 saturated heterocycles. The summed E-state index contributed by atoms with van der Waals surface area (Å²) in [6, 6.07) is 0. The molecule has 0 spiro atoms. The predicted octanol–water partition coefficient (Wildman–Crippen LogP) is 0.339. The quantitative estimate of drug-likeness (QED) is 0.491. The standard InChI is InChI=1S/C6H13NO/c1-2-7-3-5-8-6-4-7/h2-6H2,1H3/i2D2. The molecule has 0 aromatic heterocycles. The Morgan fingerprint density at radius 1 is 1.62 bits per heavy atom. The first-order chi connectivity index (χ1) is 4.61. The van der Waals surface area contributed by atoms with E-state index in [4.69, 9.17) is 7.48 Å². The summed E-state index contributed by atoms with van der Waals surface area (Å²) in [4.78, 5) is 1.79. The van der Waals surface area contributed by atoms with Gasteiger partial charge in [-0.2, -0.15) is 0 Å². The normalized spacial score (nSPS) is 29.1. The van der Waals surface area contributed by atoms with Gasteiger partial charge in [-0.3, -0.25) is 4.90 Å². The first-order valence-electron chi connectivity index (χ1n) is 3.93. The molecule has 0 unspecified atom stereocenters. The van der Waals surface area contributed by atoms with E-state index < -0.39 is 6.50 Å². The van der Waals surface area contributed by atoms with Crippen LogP contribution in [0.3, 0.4) is 0 Å². The Bertz CT molecular complexity index is 107. The van der Waals surface area contributed by atoms with Crippen molar-refractivity contribution >= 4 is 0 Å². The molecule has 1 rings (SSSR count). The van der Waals surface area contributed by atoms with Crippen molar-refractivity contribution in [2.45, 2.75) is 6.92 Å². The molecule has 0 aromatic carbocycles. The van der Waals surface area contributed by atoms with Crippen LogP contribution < -0.4 is 0 Å². The van der Waals surface area contributed by atoms with Gasteiger partial charge in [-0.15, -0.1) is 0 Å². The second-order valence-corrected chi connectivity index (χ2v) is 1.82. The molecule has 0 radical (unpaired) electrons. The minimum Gasteiger partial charge on any atom is -0.379 e. The van der Waals surface area contributed by atoms with E-state index in [0.717, 1.165) is 0 Å². The Kier molecular flexibility index (Phi) is 1.47. The number of nitrogens with zero attached hydrogens (tertiary/aromatic N) is 1. The highest BCUT2D eigenvalue weighted by Crippen LogP contribution is 1.93. The smallest absolute Gasteiger partial charge is 0.0594 e. The summed E-state index contributed by atoms with van der Waals surface area (Å²) in [5, 5.41) is 0. The lowest BCUT2D eigenvalue weighted by Crippen LogP contribution is -2.35. The van der Waals surface area contributed by atoms with Gasteiger partial charge < -0.3 is 4.74 Å². The molecule has 0 aromatic rings. The minimum atomic E-state index is -1.18. The molecule has 0 saturated carbocycles. The van der Waals surface area contributed by atoms with Crippen LogP contribution in [0.5, 0.6) is 0 Å².